The van der Waals surface area contributed by atoms with Gasteiger partial charge in [0.25, 0.3) is 0 Å². The van der Waals surface area contributed by atoms with Crippen LogP contribution in [0.1, 0.15) is 30.8 Å². The van der Waals surface area contributed by atoms with E-state index in [0.29, 0.717) is 16.4 Å². The van der Waals surface area contributed by atoms with Gasteiger partial charge in [-0.2, -0.15) is 5.10 Å². The average molecular weight is 255 g/mol. The van der Waals surface area contributed by atoms with Gasteiger partial charge in [-0.1, -0.05) is 18.5 Å². The molecule has 1 atom stereocenters. The zero-order chi connectivity index (χ0) is 12.4. The number of nitrogens with zero attached hydrogens (tertiary/aromatic N) is 4. The summed E-state index contributed by atoms with van der Waals surface area (Å²) in [5.74, 6) is 0. The molecule has 2 aromatic rings. The van der Waals surface area contributed by atoms with E-state index in [4.69, 9.17) is 11.6 Å². The van der Waals surface area contributed by atoms with Crippen LogP contribution in [0.15, 0.2) is 18.7 Å². The molecule has 92 valence electrons. The first-order valence-electron chi connectivity index (χ1n) is 5.50. The molecule has 0 radical (unpaired) electrons. The normalized spacial score (nSPS) is 12.9. The molecular formula is C11H15ClN4O. The SMILES string of the molecule is CCCn1ncc(Cl)c1C(O)c1cn(C)cn1. The second kappa shape index (κ2) is 4.89. The van der Waals surface area contributed by atoms with E-state index in [1.807, 2.05) is 14.0 Å². The van der Waals surface area contributed by atoms with E-state index in [0.717, 1.165) is 13.0 Å². The molecule has 0 saturated carbocycles. The van der Waals surface area contributed by atoms with Gasteiger partial charge in [0.05, 0.1) is 28.9 Å². The predicted octanol–water partition coefficient (Wildman–Crippen LogP) is 1.76. The number of hydrogen-bond donors (Lipinski definition) is 1. The van der Waals surface area contributed by atoms with Crippen molar-refractivity contribution in [2.24, 2.45) is 7.05 Å². The molecule has 17 heavy (non-hydrogen) atoms. The van der Waals surface area contributed by atoms with Crippen LogP contribution < -0.4 is 0 Å². The molecule has 0 bridgehead atoms. The van der Waals surface area contributed by atoms with Crippen molar-refractivity contribution in [1.82, 2.24) is 19.3 Å². The topological polar surface area (TPSA) is 55.9 Å². The van der Waals surface area contributed by atoms with E-state index in [1.165, 1.54) is 0 Å². The number of halogens is 1. The van der Waals surface area contributed by atoms with Crippen molar-refractivity contribution >= 4 is 11.6 Å². The second-order valence-corrected chi connectivity index (χ2v) is 4.37. The summed E-state index contributed by atoms with van der Waals surface area (Å²) in [5, 5.41) is 14.9. The van der Waals surface area contributed by atoms with Crippen LogP contribution in [0.25, 0.3) is 0 Å². The summed E-state index contributed by atoms with van der Waals surface area (Å²) < 4.78 is 3.51. The van der Waals surface area contributed by atoms with Crippen LogP contribution in [0.5, 0.6) is 0 Å². The van der Waals surface area contributed by atoms with Gasteiger partial charge in [0, 0.05) is 19.8 Å². The van der Waals surface area contributed by atoms with E-state index in [-0.39, 0.29) is 0 Å². The van der Waals surface area contributed by atoms with Crippen molar-refractivity contribution in [3.63, 3.8) is 0 Å². The first-order valence-corrected chi connectivity index (χ1v) is 5.88. The number of imidazole rings is 1. The molecule has 0 amide bonds. The molecule has 0 fully saturated rings. The Morgan fingerprint density at radius 2 is 2.29 bits per heavy atom. The van der Waals surface area contributed by atoms with E-state index < -0.39 is 6.10 Å². The van der Waals surface area contributed by atoms with Crippen molar-refractivity contribution in [1.29, 1.82) is 0 Å². The minimum absolute atomic E-state index is 0.469. The number of hydrogen-bond acceptors (Lipinski definition) is 3. The summed E-state index contributed by atoms with van der Waals surface area (Å²) in [7, 11) is 1.86. The van der Waals surface area contributed by atoms with Gasteiger partial charge < -0.3 is 9.67 Å². The summed E-state index contributed by atoms with van der Waals surface area (Å²) in [5.41, 5.74) is 1.18. The molecule has 6 heteroatoms. The summed E-state index contributed by atoms with van der Waals surface area (Å²) in [6.07, 6.45) is 5.06. The molecule has 0 spiro atoms. The van der Waals surface area contributed by atoms with Gasteiger partial charge in [0.15, 0.2) is 0 Å². The summed E-state index contributed by atoms with van der Waals surface area (Å²) in [6.45, 7) is 2.78. The Balaban J connectivity index is 2.35. The van der Waals surface area contributed by atoms with Gasteiger partial charge >= 0.3 is 0 Å². The minimum atomic E-state index is -0.835. The second-order valence-electron chi connectivity index (χ2n) is 3.97. The highest BCUT2D eigenvalue weighted by Gasteiger charge is 2.21. The lowest BCUT2D eigenvalue weighted by molar-refractivity contribution is 0.203. The van der Waals surface area contributed by atoms with Crippen LogP contribution in [-0.4, -0.2) is 24.4 Å². The maximum atomic E-state index is 10.3. The number of aromatic nitrogens is 4. The van der Waals surface area contributed by atoms with Crippen LogP contribution in [0.3, 0.4) is 0 Å². The van der Waals surface area contributed by atoms with E-state index >= 15 is 0 Å². The number of aliphatic hydroxyl groups is 1. The van der Waals surface area contributed by atoms with Crippen molar-refractivity contribution < 1.29 is 5.11 Å². The van der Waals surface area contributed by atoms with Gasteiger partial charge in [0.1, 0.15) is 6.10 Å². The molecular weight excluding hydrogens is 240 g/mol. The van der Waals surface area contributed by atoms with Crippen LogP contribution in [0.2, 0.25) is 5.02 Å². The highest BCUT2D eigenvalue weighted by molar-refractivity contribution is 6.31. The zero-order valence-electron chi connectivity index (χ0n) is 9.84. The Hall–Kier alpha value is -1.33. The Labute approximate surface area is 105 Å². The molecule has 0 aliphatic heterocycles. The number of aliphatic hydroxyl groups excluding tert-OH is 1. The van der Waals surface area contributed by atoms with Crippen LogP contribution in [0, 0.1) is 0 Å². The lowest BCUT2D eigenvalue weighted by Gasteiger charge is -2.11. The van der Waals surface area contributed by atoms with Gasteiger partial charge in [0.2, 0.25) is 0 Å². The fraction of sp³-hybridized carbons (Fsp3) is 0.455. The molecule has 5 nitrogen and oxygen atoms in total. The zero-order valence-corrected chi connectivity index (χ0v) is 10.6. The monoisotopic (exact) mass is 254 g/mol. The molecule has 0 aliphatic rings. The highest BCUT2D eigenvalue weighted by Crippen LogP contribution is 2.27. The number of aryl methyl sites for hydroxylation is 2. The lowest BCUT2D eigenvalue weighted by atomic mass is 10.2. The van der Waals surface area contributed by atoms with Crippen molar-refractivity contribution in [3.05, 3.63) is 35.1 Å². The molecule has 1 N–H and O–H groups in total. The Bertz CT molecular complexity index is 505. The summed E-state index contributed by atoms with van der Waals surface area (Å²) in [4.78, 5) is 4.13. The molecule has 2 heterocycles. The van der Waals surface area contributed by atoms with Crippen LogP contribution in [-0.2, 0) is 13.6 Å². The smallest absolute Gasteiger partial charge is 0.140 e. The molecule has 1 unspecified atom stereocenters. The molecule has 2 aromatic heterocycles. The average Bonchev–Trinajstić information content (AvgIpc) is 2.86. The summed E-state index contributed by atoms with van der Waals surface area (Å²) >= 11 is 6.05. The molecule has 2 rings (SSSR count). The predicted molar refractivity (Wildman–Crippen MR) is 64.8 cm³/mol. The first kappa shape index (κ1) is 12.1. The minimum Gasteiger partial charge on any atom is -0.380 e. The van der Waals surface area contributed by atoms with Gasteiger partial charge in [-0.15, -0.1) is 0 Å². The largest absolute Gasteiger partial charge is 0.380 e. The summed E-state index contributed by atoms with van der Waals surface area (Å²) in [6, 6.07) is 0. The Kier molecular flexibility index (Phi) is 3.49. The third-order valence-electron chi connectivity index (χ3n) is 2.53. The number of rotatable bonds is 4. The van der Waals surface area contributed by atoms with Crippen molar-refractivity contribution in [2.75, 3.05) is 0 Å². The third-order valence-corrected chi connectivity index (χ3v) is 2.82. The lowest BCUT2D eigenvalue weighted by Crippen LogP contribution is -2.10. The van der Waals surface area contributed by atoms with Gasteiger partial charge in [-0.3, -0.25) is 4.68 Å². The third kappa shape index (κ3) is 2.35. The maximum absolute atomic E-state index is 10.3. The van der Waals surface area contributed by atoms with Gasteiger partial charge in [-0.05, 0) is 6.42 Å². The van der Waals surface area contributed by atoms with E-state index in [2.05, 4.69) is 10.1 Å². The highest BCUT2D eigenvalue weighted by atomic mass is 35.5. The van der Waals surface area contributed by atoms with Crippen LogP contribution >= 0.6 is 11.6 Å². The van der Waals surface area contributed by atoms with Gasteiger partial charge in [-0.25, -0.2) is 4.98 Å². The quantitative estimate of drug-likeness (QED) is 0.905. The molecule has 0 aliphatic carbocycles. The first-order chi connectivity index (χ1) is 8.13. The van der Waals surface area contributed by atoms with Crippen LogP contribution in [0.4, 0.5) is 0 Å². The van der Waals surface area contributed by atoms with E-state index in [1.54, 1.807) is 28.0 Å². The van der Waals surface area contributed by atoms with Crippen molar-refractivity contribution in [3.8, 4) is 0 Å². The Morgan fingerprint density at radius 3 is 2.88 bits per heavy atom. The molecule has 0 saturated heterocycles. The van der Waals surface area contributed by atoms with E-state index in [9.17, 15) is 5.11 Å². The standard InChI is InChI=1S/C11H15ClN4O/c1-3-4-16-10(8(12)5-14-16)11(17)9-6-15(2)7-13-9/h5-7,11,17H,3-4H2,1-2H3. The van der Waals surface area contributed by atoms with Crippen molar-refractivity contribution in [2.45, 2.75) is 26.0 Å². The fourth-order valence-corrected chi connectivity index (χ4v) is 1.99. The fourth-order valence-electron chi connectivity index (χ4n) is 1.75. The molecule has 0 aromatic carbocycles. The maximum Gasteiger partial charge on any atom is 0.140 e. The Morgan fingerprint density at radius 1 is 1.53 bits per heavy atom.